The lowest BCUT2D eigenvalue weighted by molar-refractivity contribution is -0.385. The van der Waals surface area contributed by atoms with Gasteiger partial charge in [-0.2, -0.15) is 5.10 Å². The predicted molar refractivity (Wildman–Crippen MR) is 99.1 cm³/mol. The molecule has 0 radical (unpaired) electrons. The van der Waals surface area contributed by atoms with Crippen LogP contribution in [-0.2, 0) is 13.0 Å². The molecule has 0 amide bonds. The summed E-state index contributed by atoms with van der Waals surface area (Å²) in [5, 5.41) is 18.5. The quantitative estimate of drug-likeness (QED) is 0.365. The van der Waals surface area contributed by atoms with E-state index in [9.17, 15) is 10.1 Å². The zero-order valence-corrected chi connectivity index (χ0v) is 14.0. The fourth-order valence-corrected chi connectivity index (χ4v) is 2.24. The number of benzene rings is 2. The van der Waals surface area contributed by atoms with Gasteiger partial charge in [-0.1, -0.05) is 49.4 Å². The first-order valence-corrected chi connectivity index (χ1v) is 7.89. The minimum absolute atomic E-state index is 0.103. The number of hydrogen-bond donors (Lipinski definition) is 2. The van der Waals surface area contributed by atoms with Crippen molar-refractivity contribution in [1.82, 2.24) is 10.7 Å². The van der Waals surface area contributed by atoms with Crippen molar-refractivity contribution in [2.24, 2.45) is 5.10 Å². The summed E-state index contributed by atoms with van der Waals surface area (Å²) >= 11 is 5.13. The van der Waals surface area contributed by atoms with E-state index in [1.165, 1.54) is 12.3 Å². The number of thiocarbonyl (C=S) groups is 1. The minimum atomic E-state index is -0.379. The van der Waals surface area contributed by atoms with E-state index in [-0.39, 0.29) is 10.6 Å². The highest BCUT2D eigenvalue weighted by molar-refractivity contribution is 7.80. The lowest BCUT2D eigenvalue weighted by atomic mass is 10.1. The second-order valence-corrected chi connectivity index (χ2v) is 5.45. The first-order valence-electron chi connectivity index (χ1n) is 7.48. The molecule has 0 aliphatic heterocycles. The Balaban J connectivity index is 1.90. The Bertz CT molecular complexity index is 748. The Labute approximate surface area is 145 Å². The van der Waals surface area contributed by atoms with E-state index >= 15 is 0 Å². The zero-order chi connectivity index (χ0) is 17.4. The predicted octanol–water partition coefficient (Wildman–Crippen LogP) is 3.16. The number of nitro benzene ring substituents is 1. The smallest absolute Gasteiger partial charge is 0.273 e. The van der Waals surface area contributed by atoms with Crippen LogP contribution in [0.4, 0.5) is 5.69 Å². The summed E-state index contributed by atoms with van der Waals surface area (Å²) in [6.45, 7) is 2.48. The Kier molecular flexibility index (Phi) is 6.39. The van der Waals surface area contributed by atoms with Gasteiger partial charge in [-0.25, -0.2) is 0 Å². The third kappa shape index (κ3) is 5.13. The van der Waals surface area contributed by atoms with Gasteiger partial charge in [0, 0.05) is 23.7 Å². The van der Waals surface area contributed by atoms with Crippen molar-refractivity contribution in [3.05, 3.63) is 75.3 Å². The molecule has 0 saturated carbocycles. The molecule has 0 saturated heterocycles. The first-order chi connectivity index (χ1) is 11.6. The van der Waals surface area contributed by atoms with E-state index < -0.39 is 0 Å². The summed E-state index contributed by atoms with van der Waals surface area (Å²) in [5.41, 5.74) is 5.24. The second kappa shape index (κ2) is 8.73. The SMILES string of the molecule is CCc1ccc(/C=N\NC(=S)NCc2ccccc2)cc1[N+](=O)[O-]. The molecule has 0 aromatic heterocycles. The molecule has 0 heterocycles. The van der Waals surface area contributed by atoms with Crippen LogP contribution in [0.15, 0.2) is 53.6 Å². The van der Waals surface area contributed by atoms with Crippen molar-refractivity contribution in [3.8, 4) is 0 Å². The Morgan fingerprint density at radius 2 is 2.04 bits per heavy atom. The number of rotatable bonds is 6. The summed E-state index contributed by atoms with van der Waals surface area (Å²) in [5.74, 6) is 0. The molecule has 0 spiro atoms. The number of hydrogen-bond acceptors (Lipinski definition) is 4. The fraction of sp³-hybridized carbons (Fsp3) is 0.176. The molecule has 0 aliphatic carbocycles. The molecule has 0 unspecified atom stereocenters. The van der Waals surface area contributed by atoms with Gasteiger partial charge in [0.05, 0.1) is 11.1 Å². The molecule has 2 aromatic carbocycles. The maximum atomic E-state index is 11.0. The van der Waals surface area contributed by atoms with Gasteiger partial charge >= 0.3 is 0 Å². The van der Waals surface area contributed by atoms with Crippen molar-refractivity contribution in [2.45, 2.75) is 19.9 Å². The highest BCUT2D eigenvalue weighted by Gasteiger charge is 2.12. The summed E-state index contributed by atoms with van der Waals surface area (Å²) < 4.78 is 0. The van der Waals surface area contributed by atoms with Crippen molar-refractivity contribution < 1.29 is 4.92 Å². The molecular formula is C17H18N4O2S. The standard InChI is InChI=1S/C17H18N4O2S/c1-2-15-9-8-14(10-16(15)21(22)23)12-19-20-17(24)18-11-13-6-4-3-5-7-13/h3-10,12H,2,11H2,1H3,(H2,18,20,24)/b19-12-. The van der Waals surface area contributed by atoms with Crippen molar-refractivity contribution >= 4 is 29.2 Å². The van der Waals surface area contributed by atoms with Gasteiger partial charge in [0.2, 0.25) is 0 Å². The first kappa shape index (κ1) is 17.6. The highest BCUT2D eigenvalue weighted by Crippen LogP contribution is 2.19. The molecule has 2 aromatic rings. The monoisotopic (exact) mass is 342 g/mol. The van der Waals surface area contributed by atoms with Crippen molar-refractivity contribution in [1.29, 1.82) is 0 Å². The zero-order valence-electron chi connectivity index (χ0n) is 13.2. The van der Waals surface area contributed by atoms with Gasteiger partial charge in [0.1, 0.15) is 0 Å². The molecule has 0 aliphatic rings. The van der Waals surface area contributed by atoms with E-state index in [1.54, 1.807) is 12.1 Å². The largest absolute Gasteiger partial charge is 0.357 e. The van der Waals surface area contributed by atoms with E-state index in [0.29, 0.717) is 29.2 Å². The van der Waals surface area contributed by atoms with Gasteiger partial charge in [-0.05, 0) is 24.2 Å². The van der Waals surface area contributed by atoms with Gasteiger partial charge in [-0.15, -0.1) is 0 Å². The third-order valence-corrected chi connectivity index (χ3v) is 3.60. The van der Waals surface area contributed by atoms with E-state index in [2.05, 4.69) is 15.8 Å². The van der Waals surface area contributed by atoms with Gasteiger partial charge in [0.15, 0.2) is 5.11 Å². The summed E-state index contributed by atoms with van der Waals surface area (Å²) in [7, 11) is 0. The molecule has 0 bridgehead atoms. The molecule has 24 heavy (non-hydrogen) atoms. The Morgan fingerprint density at radius 1 is 1.29 bits per heavy atom. The molecule has 0 fully saturated rings. The second-order valence-electron chi connectivity index (χ2n) is 5.04. The van der Waals surface area contributed by atoms with Crippen LogP contribution in [0.1, 0.15) is 23.6 Å². The van der Waals surface area contributed by atoms with Crippen molar-refractivity contribution in [3.63, 3.8) is 0 Å². The average Bonchev–Trinajstić information content (AvgIpc) is 2.60. The van der Waals surface area contributed by atoms with Crippen LogP contribution >= 0.6 is 12.2 Å². The molecular weight excluding hydrogens is 324 g/mol. The van der Waals surface area contributed by atoms with E-state index in [1.807, 2.05) is 37.3 Å². The van der Waals surface area contributed by atoms with Gasteiger partial charge in [0.25, 0.3) is 5.69 Å². The lowest BCUT2D eigenvalue weighted by Crippen LogP contribution is -2.31. The highest BCUT2D eigenvalue weighted by atomic mass is 32.1. The van der Waals surface area contributed by atoms with Gasteiger partial charge < -0.3 is 5.32 Å². The van der Waals surface area contributed by atoms with Gasteiger partial charge in [-0.3, -0.25) is 15.5 Å². The number of hydrazone groups is 1. The van der Waals surface area contributed by atoms with Crippen LogP contribution in [0.3, 0.4) is 0 Å². The summed E-state index contributed by atoms with van der Waals surface area (Å²) in [6.07, 6.45) is 2.11. The van der Waals surface area contributed by atoms with Crippen molar-refractivity contribution in [2.75, 3.05) is 0 Å². The summed E-state index contributed by atoms with van der Waals surface area (Å²) in [6, 6.07) is 14.9. The number of nitrogens with zero attached hydrogens (tertiary/aromatic N) is 2. The van der Waals surface area contributed by atoms with Crippen LogP contribution in [-0.4, -0.2) is 16.3 Å². The normalized spacial score (nSPS) is 10.5. The average molecular weight is 342 g/mol. The Morgan fingerprint density at radius 3 is 2.71 bits per heavy atom. The molecule has 124 valence electrons. The third-order valence-electron chi connectivity index (χ3n) is 3.36. The minimum Gasteiger partial charge on any atom is -0.357 e. The van der Waals surface area contributed by atoms with Crippen LogP contribution < -0.4 is 10.7 Å². The van der Waals surface area contributed by atoms with Crippen LogP contribution in [0.25, 0.3) is 0 Å². The van der Waals surface area contributed by atoms with Crippen LogP contribution in [0.2, 0.25) is 0 Å². The van der Waals surface area contributed by atoms with Crippen LogP contribution in [0, 0.1) is 10.1 Å². The van der Waals surface area contributed by atoms with E-state index in [0.717, 1.165) is 5.56 Å². The molecule has 6 nitrogen and oxygen atoms in total. The number of nitrogens with one attached hydrogen (secondary N) is 2. The molecule has 0 atom stereocenters. The molecule has 2 rings (SSSR count). The Hall–Kier alpha value is -2.80. The molecule has 7 heteroatoms. The molecule has 2 N–H and O–H groups in total. The fourth-order valence-electron chi connectivity index (χ4n) is 2.11. The van der Waals surface area contributed by atoms with Crippen LogP contribution in [0.5, 0.6) is 0 Å². The maximum absolute atomic E-state index is 11.0. The lowest BCUT2D eigenvalue weighted by Gasteiger charge is -2.06. The number of nitro groups is 1. The topological polar surface area (TPSA) is 79.6 Å². The van der Waals surface area contributed by atoms with E-state index in [4.69, 9.17) is 12.2 Å². The number of aryl methyl sites for hydroxylation is 1. The summed E-state index contributed by atoms with van der Waals surface area (Å²) in [4.78, 5) is 10.7. The maximum Gasteiger partial charge on any atom is 0.273 e.